The second kappa shape index (κ2) is 14.2. The predicted octanol–water partition coefficient (Wildman–Crippen LogP) is 1.84. The maximum Gasteiger partial charge on any atom is 0.334 e. The number of rotatable bonds is 11. The molecule has 5 rings (SSSR count). The lowest BCUT2D eigenvalue weighted by atomic mass is 9.89. The molecule has 0 saturated carbocycles. The summed E-state index contributed by atoms with van der Waals surface area (Å²) in [4.78, 5) is 41.5. The SMILES string of the molecule is CN(C)c1ccc2c(c1)[Si](C)(CCS(=O)CCC(=O)ON1C(=O)CCC1=O)C1=CC(=[N+](C)C)C=CC1=C2c1ccc(S(=O)(=O)O)cc1S(=O)(=O)O. The molecule has 2 aromatic rings. The van der Waals surface area contributed by atoms with Gasteiger partial charge in [0.05, 0.1) is 11.3 Å². The number of hydroxylamine groups is 2. The highest BCUT2D eigenvalue weighted by Crippen LogP contribution is 2.45. The Morgan fingerprint density at radius 3 is 2.20 bits per heavy atom. The second-order valence-electron chi connectivity index (χ2n) is 13.0. The molecule has 51 heavy (non-hydrogen) atoms. The molecule has 0 aromatic heterocycles. The van der Waals surface area contributed by atoms with Gasteiger partial charge in [-0.25, -0.2) is 9.37 Å². The van der Waals surface area contributed by atoms with Crippen molar-refractivity contribution in [3.8, 4) is 0 Å². The van der Waals surface area contributed by atoms with Crippen LogP contribution in [-0.4, -0.2) is 111 Å². The number of hydrogen-bond acceptors (Lipinski definition) is 10. The molecule has 1 fully saturated rings. The van der Waals surface area contributed by atoms with Crippen LogP contribution < -0.4 is 10.1 Å². The van der Waals surface area contributed by atoms with Crippen molar-refractivity contribution in [3.63, 3.8) is 0 Å². The first-order valence-corrected chi connectivity index (χ1v) is 22.8. The maximum atomic E-state index is 13.4. The minimum absolute atomic E-state index is 0.0238. The highest BCUT2D eigenvalue weighted by molar-refractivity contribution is 7.86. The number of allylic oxidation sites excluding steroid dienone is 5. The molecule has 2 unspecified atom stereocenters. The third-order valence-corrected chi connectivity index (χ3v) is 17.0. The summed E-state index contributed by atoms with van der Waals surface area (Å²) < 4.78 is 84.9. The number of benzene rings is 2. The topological polar surface area (TPSA) is 196 Å². The van der Waals surface area contributed by atoms with E-state index in [-0.39, 0.29) is 36.3 Å². The van der Waals surface area contributed by atoms with Crippen LogP contribution in [0.25, 0.3) is 5.57 Å². The molecule has 0 bridgehead atoms. The second-order valence-corrected chi connectivity index (χ2v) is 21.7. The summed E-state index contributed by atoms with van der Waals surface area (Å²) in [6.45, 7) is 2.11. The van der Waals surface area contributed by atoms with Crippen molar-refractivity contribution in [2.75, 3.05) is 44.6 Å². The van der Waals surface area contributed by atoms with Crippen molar-refractivity contribution >= 4 is 79.1 Å². The molecule has 272 valence electrons. The summed E-state index contributed by atoms with van der Waals surface area (Å²) in [6, 6.07) is 9.17. The Bertz CT molecular complexity index is 2220. The normalized spacial score (nSPS) is 19.5. The number of anilines is 1. The van der Waals surface area contributed by atoms with Crippen LogP contribution in [0.3, 0.4) is 0 Å². The summed E-state index contributed by atoms with van der Waals surface area (Å²) in [6.07, 6.45) is 5.33. The zero-order valence-corrected chi connectivity index (χ0v) is 32.0. The van der Waals surface area contributed by atoms with Gasteiger partial charge >= 0.3 is 5.97 Å². The molecule has 14 nitrogen and oxygen atoms in total. The molecule has 2 heterocycles. The first-order valence-electron chi connectivity index (χ1n) is 15.7. The monoisotopic (exact) mass is 776 g/mol. The standard InChI is InChI=1S/C33H37N3O11S3Si/c1-34(2)21-6-9-25-28(18-21)51(5,17-16-48(40)15-14-32(39)47-36-30(37)12-13-31(36)38)29-19-22(35(3)4)7-10-26(29)33(25)24-11-8-23(49(41,42)43)20-27(24)50(44,45)46/h6-11,18-20H,12-17H2,1-5H3,(H-,41,42,43,44,45,46)/p+1. The molecule has 1 saturated heterocycles. The number of carbonyl (C=O) groups is 3. The fraction of sp³-hybridized carbons (Fsp3) is 0.333. The molecule has 3 aliphatic rings. The van der Waals surface area contributed by atoms with Gasteiger partial charge in [-0.05, 0) is 63.5 Å². The number of amides is 2. The molecular formula is C33H38N3O11S3Si+. The van der Waals surface area contributed by atoms with E-state index in [1.165, 1.54) is 6.07 Å². The molecule has 0 spiro atoms. The minimum atomic E-state index is -5.01. The lowest BCUT2D eigenvalue weighted by molar-refractivity contribution is -0.462. The Kier molecular flexibility index (Phi) is 10.6. The van der Waals surface area contributed by atoms with E-state index < -0.39 is 66.7 Å². The molecule has 0 radical (unpaired) electrons. The van der Waals surface area contributed by atoms with Gasteiger partial charge in [-0.2, -0.15) is 16.8 Å². The summed E-state index contributed by atoms with van der Waals surface area (Å²) in [5.41, 5.74) is 3.40. The Labute approximate surface area is 299 Å². The van der Waals surface area contributed by atoms with Crippen LogP contribution in [0.1, 0.15) is 30.4 Å². The number of fused-ring (bicyclic) bond motifs is 2. The molecule has 2 atom stereocenters. The van der Waals surface area contributed by atoms with E-state index in [9.17, 15) is 44.5 Å². The summed E-state index contributed by atoms with van der Waals surface area (Å²) in [7, 11) is -6.78. The summed E-state index contributed by atoms with van der Waals surface area (Å²) in [5, 5.41) is 2.20. The summed E-state index contributed by atoms with van der Waals surface area (Å²) >= 11 is 0. The molecule has 2 aliphatic heterocycles. The van der Waals surface area contributed by atoms with E-state index in [2.05, 4.69) is 6.55 Å². The molecule has 2 amide bonds. The van der Waals surface area contributed by atoms with Gasteiger partial charge in [0.15, 0.2) is 5.71 Å². The Morgan fingerprint density at radius 1 is 0.961 bits per heavy atom. The number of nitrogens with zero attached hydrogens (tertiary/aromatic N) is 3. The van der Waals surface area contributed by atoms with Crippen LogP contribution >= 0.6 is 0 Å². The third kappa shape index (κ3) is 7.75. The van der Waals surface area contributed by atoms with Crippen molar-refractivity contribution in [1.82, 2.24) is 5.06 Å². The maximum absolute atomic E-state index is 13.4. The van der Waals surface area contributed by atoms with Crippen molar-refractivity contribution in [2.45, 2.75) is 41.6 Å². The van der Waals surface area contributed by atoms with Gasteiger partial charge in [-0.3, -0.25) is 22.9 Å². The largest absolute Gasteiger partial charge is 0.378 e. The van der Waals surface area contributed by atoms with E-state index in [1.54, 1.807) is 0 Å². The first-order chi connectivity index (χ1) is 23.7. The van der Waals surface area contributed by atoms with Crippen LogP contribution in [0.5, 0.6) is 0 Å². The van der Waals surface area contributed by atoms with Crippen molar-refractivity contribution < 1.29 is 53.9 Å². The summed E-state index contributed by atoms with van der Waals surface area (Å²) in [5.74, 6) is -1.94. The highest BCUT2D eigenvalue weighted by atomic mass is 32.2. The van der Waals surface area contributed by atoms with Gasteiger partial charge in [0, 0.05) is 72.6 Å². The predicted molar refractivity (Wildman–Crippen MR) is 193 cm³/mol. The average molecular weight is 777 g/mol. The van der Waals surface area contributed by atoms with E-state index >= 15 is 0 Å². The van der Waals surface area contributed by atoms with E-state index in [0.717, 1.165) is 33.9 Å². The number of carbonyl (C=O) groups excluding carboxylic acids is 3. The van der Waals surface area contributed by atoms with Gasteiger partial charge in [0.2, 0.25) is 0 Å². The fourth-order valence-electron chi connectivity index (χ4n) is 6.33. The quantitative estimate of drug-likeness (QED) is 0.146. The van der Waals surface area contributed by atoms with Crippen LogP contribution in [0.15, 0.2) is 75.2 Å². The van der Waals surface area contributed by atoms with Gasteiger partial charge in [-0.1, -0.05) is 18.7 Å². The minimum Gasteiger partial charge on any atom is -0.378 e. The molecule has 1 aliphatic carbocycles. The molecular weight excluding hydrogens is 739 g/mol. The lowest BCUT2D eigenvalue weighted by Gasteiger charge is -2.40. The van der Waals surface area contributed by atoms with E-state index in [4.69, 9.17) is 4.84 Å². The van der Waals surface area contributed by atoms with Gasteiger partial charge in [0.1, 0.15) is 27.1 Å². The average Bonchev–Trinajstić information content (AvgIpc) is 3.37. The van der Waals surface area contributed by atoms with Crippen LogP contribution in [0, 0.1) is 0 Å². The van der Waals surface area contributed by atoms with E-state index in [0.29, 0.717) is 27.8 Å². The number of hydrogen-bond donors (Lipinski definition) is 2. The molecule has 2 N–H and O–H groups in total. The molecule has 18 heteroatoms. The van der Waals surface area contributed by atoms with Gasteiger partial charge < -0.3 is 9.74 Å². The van der Waals surface area contributed by atoms with Crippen molar-refractivity contribution in [2.24, 2.45) is 0 Å². The van der Waals surface area contributed by atoms with Gasteiger partial charge in [-0.15, -0.1) is 5.06 Å². The third-order valence-electron chi connectivity index (χ3n) is 9.13. The van der Waals surface area contributed by atoms with Crippen LogP contribution in [0.2, 0.25) is 12.6 Å². The Morgan fingerprint density at radius 2 is 1.61 bits per heavy atom. The first kappa shape index (κ1) is 38.2. The fourth-order valence-corrected chi connectivity index (χ4v) is 14.1. The Balaban J connectivity index is 1.61. The van der Waals surface area contributed by atoms with Crippen LogP contribution in [-0.2, 0) is 50.3 Å². The van der Waals surface area contributed by atoms with E-state index in [1.807, 2.05) is 74.1 Å². The lowest BCUT2D eigenvalue weighted by Crippen LogP contribution is -2.53. The number of imide groups is 1. The zero-order chi connectivity index (χ0) is 37.6. The van der Waals surface area contributed by atoms with Crippen LogP contribution in [0.4, 0.5) is 5.69 Å². The van der Waals surface area contributed by atoms with Gasteiger partial charge in [0.25, 0.3) is 32.1 Å². The zero-order valence-electron chi connectivity index (χ0n) is 28.6. The highest BCUT2D eigenvalue weighted by Gasteiger charge is 2.44. The van der Waals surface area contributed by atoms with Crippen molar-refractivity contribution in [1.29, 1.82) is 0 Å². The van der Waals surface area contributed by atoms with Crippen molar-refractivity contribution in [3.05, 3.63) is 76.5 Å². The molecule has 2 aromatic carbocycles. The Hall–Kier alpha value is -4.07. The smallest absolute Gasteiger partial charge is 0.334 e.